The molecule has 3 heteroatoms. The number of carbonyl (C=O) groups excluding carboxylic acids is 1. The minimum atomic E-state index is 0.211. The van der Waals surface area contributed by atoms with Crippen LogP contribution < -0.4 is 0 Å². The normalized spacial score (nSPS) is 21.2. The van der Waals surface area contributed by atoms with E-state index < -0.39 is 0 Å². The molecule has 1 aliphatic heterocycles. The number of allylic oxidation sites excluding steroid dienone is 3. The van der Waals surface area contributed by atoms with Gasteiger partial charge in [0.1, 0.15) is 5.78 Å². The fourth-order valence-corrected chi connectivity index (χ4v) is 1.21. The standard InChI is InChI=1S/C9H8N2O/c12-7-2-3-8-9(6-7)11-5-1-4-10-8/h1,3-5H,2,6H2. The van der Waals surface area contributed by atoms with Gasteiger partial charge in [-0.2, -0.15) is 0 Å². The molecular weight excluding hydrogens is 152 g/mol. The molecular formula is C9H8N2O. The first kappa shape index (κ1) is 7.16. The molecule has 0 amide bonds. The summed E-state index contributed by atoms with van der Waals surface area (Å²) in [7, 11) is 0. The third kappa shape index (κ3) is 1.25. The quantitative estimate of drug-likeness (QED) is 0.526. The molecule has 1 heterocycles. The van der Waals surface area contributed by atoms with Crippen molar-refractivity contribution >= 4 is 17.7 Å². The van der Waals surface area contributed by atoms with Gasteiger partial charge in [0.25, 0.3) is 0 Å². The maximum absolute atomic E-state index is 11.0. The van der Waals surface area contributed by atoms with Crippen molar-refractivity contribution in [1.82, 2.24) is 0 Å². The van der Waals surface area contributed by atoms with Gasteiger partial charge in [-0.1, -0.05) is 0 Å². The van der Waals surface area contributed by atoms with E-state index in [9.17, 15) is 4.79 Å². The summed E-state index contributed by atoms with van der Waals surface area (Å²) < 4.78 is 0. The van der Waals surface area contributed by atoms with Crippen LogP contribution in [0, 0.1) is 0 Å². The maximum Gasteiger partial charge on any atom is 0.142 e. The van der Waals surface area contributed by atoms with Gasteiger partial charge in [-0.05, 0) is 12.2 Å². The minimum Gasteiger partial charge on any atom is -0.299 e. The zero-order chi connectivity index (χ0) is 8.39. The van der Waals surface area contributed by atoms with Gasteiger partial charge < -0.3 is 0 Å². The van der Waals surface area contributed by atoms with E-state index in [4.69, 9.17) is 0 Å². The van der Waals surface area contributed by atoms with Crippen LogP contribution in [0.3, 0.4) is 0 Å². The average Bonchev–Trinajstić information content (AvgIpc) is 2.28. The van der Waals surface area contributed by atoms with Crippen molar-refractivity contribution in [3.63, 3.8) is 0 Å². The Kier molecular flexibility index (Phi) is 1.70. The topological polar surface area (TPSA) is 41.8 Å². The predicted molar refractivity (Wildman–Crippen MR) is 47.4 cm³/mol. The highest BCUT2D eigenvalue weighted by Gasteiger charge is 2.16. The first-order chi connectivity index (χ1) is 5.86. The molecule has 2 aliphatic rings. The molecule has 0 saturated carbocycles. The Hall–Kier alpha value is -1.51. The van der Waals surface area contributed by atoms with Crippen molar-refractivity contribution in [2.75, 3.05) is 0 Å². The smallest absolute Gasteiger partial charge is 0.142 e. The second-order valence-corrected chi connectivity index (χ2v) is 2.70. The second kappa shape index (κ2) is 2.85. The van der Waals surface area contributed by atoms with Crippen molar-refractivity contribution in [2.45, 2.75) is 12.8 Å². The lowest BCUT2D eigenvalue weighted by Crippen LogP contribution is -2.13. The van der Waals surface area contributed by atoms with E-state index in [2.05, 4.69) is 9.98 Å². The zero-order valence-electron chi connectivity index (χ0n) is 6.53. The van der Waals surface area contributed by atoms with E-state index in [0.29, 0.717) is 12.8 Å². The second-order valence-electron chi connectivity index (χ2n) is 2.70. The van der Waals surface area contributed by atoms with E-state index in [0.717, 1.165) is 11.4 Å². The Bertz CT molecular complexity index is 334. The molecule has 0 bridgehead atoms. The van der Waals surface area contributed by atoms with E-state index in [1.54, 1.807) is 18.5 Å². The zero-order valence-corrected chi connectivity index (χ0v) is 6.53. The van der Waals surface area contributed by atoms with Gasteiger partial charge in [0.05, 0.1) is 17.8 Å². The fourth-order valence-electron chi connectivity index (χ4n) is 1.21. The van der Waals surface area contributed by atoms with Crippen LogP contribution in [-0.2, 0) is 4.79 Å². The van der Waals surface area contributed by atoms with Crippen molar-refractivity contribution in [3.8, 4) is 0 Å². The first-order valence-electron chi connectivity index (χ1n) is 3.84. The molecule has 60 valence electrons. The Morgan fingerprint density at radius 1 is 1.42 bits per heavy atom. The van der Waals surface area contributed by atoms with Crippen LogP contribution in [0.25, 0.3) is 0 Å². The Morgan fingerprint density at radius 2 is 2.33 bits per heavy atom. The molecule has 0 unspecified atom stereocenters. The average molecular weight is 160 g/mol. The van der Waals surface area contributed by atoms with Gasteiger partial charge in [0.2, 0.25) is 0 Å². The van der Waals surface area contributed by atoms with Crippen LogP contribution in [0.4, 0.5) is 0 Å². The van der Waals surface area contributed by atoms with E-state index >= 15 is 0 Å². The van der Waals surface area contributed by atoms with Gasteiger partial charge in [0, 0.05) is 18.8 Å². The lowest BCUT2D eigenvalue weighted by Gasteiger charge is -2.08. The predicted octanol–water partition coefficient (Wildman–Crippen LogP) is 1.27. The lowest BCUT2D eigenvalue weighted by molar-refractivity contribution is -0.117. The molecule has 12 heavy (non-hydrogen) atoms. The Balaban J connectivity index is 2.41. The molecule has 0 atom stereocenters. The minimum absolute atomic E-state index is 0.211. The number of rotatable bonds is 0. The summed E-state index contributed by atoms with van der Waals surface area (Å²) >= 11 is 0. The first-order valence-corrected chi connectivity index (χ1v) is 3.84. The van der Waals surface area contributed by atoms with Crippen molar-refractivity contribution in [1.29, 1.82) is 0 Å². The molecule has 0 radical (unpaired) electrons. The summed E-state index contributed by atoms with van der Waals surface area (Å²) in [5, 5.41) is 0. The van der Waals surface area contributed by atoms with Crippen molar-refractivity contribution in [2.24, 2.45) is 9.98 Å². The largest absolute Gasteiger partial charge is 0.299 e. The van der Waals surface area contributed by atoms with Crippen LogP contribution in [0.15, 0.2) is 34.0 Å². The summed E-state index contributed by atoms with van der Waals surface area (Å²) in [6.07, 6.45) is 7.86. The van der Waals surface area contributed by atoms with Crippen LogP contribution >= 0.6 is 0 Å². The molecule has 2 rings (SSSR count). The number of ketones is 1. The number of fused-ring (bicyclic) bond motifs is 1. The van der Waals surface area contributed by atoms with E-state index in [-0.39, 0.29) is 5.78 Å². The fraction of sp³-hybridized carbons (Fsp3) is 0.222. The molecule has 0 aromatic rings. The molecule has 1 aliphatic carbocycles. The molecule has 0 aromatic carbocycles. The number of aliphatic imine (C=N–C) groups is 2. The van der Waals surface area contributed by atoms with Crippen LogP contribution in [0.1, 0.15) is 12.8 Å². The third-order valence-electron chi connectivity index (χ3n) is 1.80. The number of Topliss-reactive ketones (excluding diaryl/α,β-unsaturated/α-hetero) is 1. The number of hydrogen-bond acceptors (Lipinski definition) is 3. The highest BCUT2D eigenvalue weighted by molar-refractivity contribution is 6.14. The number of carbonyl (C=O) groups is 1. The lowest BCUT2D eigenvalue weighted by atomic mass is 10.0. The van der Waals surface area contributed by atoms with Crippen LogP contribution in [0.5, 0.6) is 0 Å². The number of hydrogen-bond donors (Lipinski definition) is 0. The van der Waals surface area contributed by atoms with Crippen molar-refractivity contribution in [3.05, 3.63) is 24.0 Å². The van der Waals surface area contributed by atoms with Crippen molar-refractivity contribution < 1.29 is 4.79 Å². The monoisotopic (exact) mass is 160 g/mol. The molecule has 0 N–H and O–H groups in total. The highest BCUT2D eigenvalue weighted by atomic mass is 16.1. The van der Waals surface area contributed by atoms with Gasteiger partial charge in [-0.25, -0.2) is 0 Å². The summed E-state index contributed by atoms with van der Waals surface area (Å²) in [5.41, 5.74) is 1.64. The highest BCUT2D eigenvalue weighted by Crippen LogP contribution is 2.15. The van der Waals surface area contributed by atoms with Crippen LogP contribution in [0.2, 0.25) is 0 Å². The molecule has 0 fully saturated rings. The van der Waals surface area contributed by atoms with E-state index in [1.165, 1.54) is 0 Å². The molecule has 3 nitrogen and oxygen atoms in total. The Labute approximate surface area is 70.2 Å². The Morgan fingerprint density at radius 3 is 3.25 bits per heavy atom. The van der Waals surface area contributed by atoms with Gasteiger partial charge >= 0.3 is 0 Å². The molecule has 0 aromatic heterocycles. The number of nitrogens with zero attached hydrogens (tertiary/aromatic N) is 2. The summed E-state index contributed by atoms with van der Waals surface area (Å²) in [4.78, 5) is 19.3. The molecule has 0 saturated heterocycles. The third-order valence-corrected chi connectivity index (χ3v) is 1.80. The van der Waals surface area contributed by atoms with Crippen LogP contribution in [-0.4, -0.2) is 17.7 Å². The summed E-state index contributed by atoms with van der Waals surface area (Å²) in [5.74, 6) is 0.211. The summed E-state index contributed by atoms with van der Waals surface area (Å²) in [6.45, 7) is 0. The van der Waals surface area contributed by atoms with Gasteiger partial charge in [-0.15, -0.1) is 0 Å². The SMILES string of the molecule is O=C1CC=C2N=CC=CN=C2C1. The summed E-state index contributed by atoms with van der Waals surface area (Å²) in [6, 6.07) is 0. The maximum atomic E-state index is 11.0. The molecule has 0 spiro atoms. The van der Waals surface area contributed by atoms with Gasteiger partial charge in [-0.3, -0.25) is 14.8 Å². The van der Waals surface area contributed by atoms with Gasteiger partial charge in [0.15, 0.2) is 0 Å². The van der Waals surface area contributed by atoms with E-state index in [1.807, 2.05) is 6.08 Å².